The van der Waals surface area contributed by atoms with Crippen molar-refractivity contribution in [2.24, 2.45) is 0 Å². The van der Waals surface area contributed by atoms with Crippen molar-refractivity contribution in [2.75, 3.05) is 38.0 Å². The molecule has 5 nitrogen and oxygen atoms in total. The van der Waals surface area contributed by atoms with Crippen LogP contribution in [0.3, 0.4) is 0 Å². The van der Waals surface area contributed by atoms with Gasteiger partial charge < -0.3 is 15.5 Å². The Balaban J connectivity index is 1.89. The van der Waals surface area contributed by atoms with E-state index in [9.17, 15) is 9.18 Å². The van der Waals surface area contributed by atoms with E-state index in [4.69, 9.17) is 0 Å². The number of nitrogens with one attached hydrogen (secondary N) is 2. The number of nitrogens with zero attached hydrogens (tertiary/aromatic N) is 2. The molecule has 1 aromatic rings. The van der Waals surface area contributed by atoms with Crippen LogP contribution < -0.4 is 10.6 Å². The number of carbonyl (C=O) groups excluding carboxylic acids is 1. The average Bonchev–Trinajstić information content (AvgIpc) is 2.94. The van der Waals surface area contributed by atoms with Crippen LogP contribution in [0.2, 0.25) is 0 Å². The quantitative estimate of drug-likeness (QED) is 0.828. The molecule has 6 heteroatoms. The smallest absolute Gasteiger partial charge is 0.254 e. The molecule has 1 saturated heterocycles. The van der Waals surface area contributed by atoms with Gasteiger partial charge in [-0.3, -0.25) is 4.79 Å². The van der Waals surface area contributed by atoms with Crippen molar-refractivity contribution in [3.63, 3.8) is 0 Å². The molecule has 2 rings (SSSR count). The number of hydrogen-bond acceptors (Lipinski definition) is 4. The first kappa shape index (κ1) is 14.7. The van der Waals surface area contributed by atoms with Gasteiger partial charge in [-0.1, -0.05) is 0 Å². The first-order chi connectivity index (χ1) is 9.72. The van der Waals surface area contributed by atoms with Crippen LogP contribution in [0.1, 0.15) is 30.1 Å². The van der Waals surface area contributed by atoms with E-state index in [1.807, 2.05) is 6.92 Å². The highest BCUT2D eigenvalue weighted by atomic mass is 19.1. The summed E-state index contributed by atoms with van der Waals surface area (Å²) in [5.41, 5.74) is 0.0392. The number of aromatic nitrogens is 1. The molecular weight excluding hydrogens is 259 g/mol. The second-order valence-corrected chi connectivity index (χ2v) is 4.86. The lowest BCUT2D eigenvalue weighted by atomic mass is 10.2. The zero-order valence-corrected chi connectivity index (χ0v) is 11.8. The summed E-state index contributed by atoms with van der Waals surface area (Å²) in [6.45, 7) is 5.94. The Hall–Kier alpha value is -1.69. The fourth-order valence-electron chi connectivity index (χ4n) is 2.34. The molecule has 2 N–H and O–H groups in total. The van der Waals surface area contributed by atoms with Crippen LogP contribution >= 0.6 is 0 Å². The number of pyridine rings is 1. The normalized spacial score (nSPS) is 15.3. The first-order valence-electron chi connectivity index (χ1n) is 7.11. The average molecular weight is 280 g/mol. The topological polar surface area (TPSA) is 57.3 Å². The molecule has 0 atom stereocenters. The largest absolute Gasteiger partial charge is 0.368 e. The third-order valence-electron chi connectivity index (χ3n) is 3.39. The third kappa shape index (κ3) is 3.66. The Morgan fingerprint density at radius 1 is 1.45 bits per heavy atom. The van der Waals surface area contributed by atoms with E-state index in [0.717, 1.165) is 19.6 Å². The van der Waals surface area contributed by atoms with Crippen LogP contribution in [0.5, 0.6) is 0 Å². The van der Waals surface area contributed by atoms with E-state index in [2.05, 4.69) is 20.5 Å². The fourth-order valence-corrected chi connectivity index (χ4v) is 2.34. The highest BCUT2D eigenvalue weighted by Crippen LogP contribution is 2.14. The molecule has 2 heterocycles. The highest BCUT2D eigenvalue weighted by molar-refractivity contribution is 5.95. The molecular formula is C14H21FN4O. The molecule has 0 spiro atoms. The first-order valence-corrected chi connectivity index (χ1v) is 7.11. The van der Waals surface area contributed by atoms with Crippen LogP contribution in [-0.4, -0.2) is 48.5 Å². The molecule has 0 aromatic carbocycles. The number of anilines is 1. The van der Waals surface area contributed by atoms with Crippen molar-refractivity contribution in [3.8, 4) is 0 Å². The van der Waals surface area contributed by atoms with Gasteiger partial charge in [0, 0.05) is 25.8 Å². The summed E-state index contributed by atoms with van der Waals surface area (Å²) in [5.74, 6) is -0.851. The molecule has 0 unspecified atom stereocenters. The Kier molecular flexibility index (Phi) is 5.29. The predicted molar refractivity (Wildman–Crippen MR) is 76.4 cm³/mol. The summed E-state index contributed by atoms with van der Waals surface area (Å²) in [7, 11) is 0. The van der Waals surface area contributed by atoms with Gasteiger partial charge in [0.2, 0.25) is 0 Å². The van der Waals surface area contributed by atoms with Gasteiger partial charge in [0.1, 0.15) is 0 Å². The van der Waals surface area contributed by atoms with Crippen LogP contribution in [0.15, 0.2) is 12.3 Å². The lowest BCUT2D eigenvalue weighted by Crippen LogP contribution is -2.34. The van der Waals surface area contributed by atoms with Gasteiger partial charge in [0.25, 0.3) is 5.91 Å². The number of amides is 1. The number of likely N-dealkylation sites (tertiary alicyclic amines) is 1. The van der Waals surface area contributed by atoms with Crippen molar-refractivity contribution in [1.29, 1.82) is 0 Å². The maximum Gasteiger partial charge on any atom is 0.254 e. The summed E-state index contributed by atoms with van der Waals surface area (Å²) >= 11 is 0. The Bertz CT molecular complexity index is 460. The number of hydrogen-bond donors (Lipinski definition) is 2. The molecule has 0 aliphatic carbocycles. The monoisotopic (exact) mass is 280 g/mol. The van der Waals surface area contributed by atoms with Gasteiger partial charge in [-0.15, -0.1) is 0 Å². The van der Waals surface area contributed by atoms with Crippen molar-refractivity contribution >= 4 is 11.7 Å². The van der Waals surface area contributed by atoms with Gasteiger partial charge in [-0.25, -0.2) is 9.37 Å². The van der Waals surface area contributed by atoms with Gasteiger partial charge >= 0.3 is 0 Å². The second kappa shape index (κ2) is 7.19. The number of carbonyl (C=O) groups is 1. The zero-order chi connectivity index (χ0) is 14.4. The molecule has 20 heavy (non-hydrogen) atoms. The Morgan fingerprint density at radius 3 is 2.90 bits per heavy atom. The number of rotatable bonds is 6. The van der Waals surface area contributed by atoms with Crippen LogP contribution in [0, 0.1) is 5.82 Å². The third-order valence-corrected chi connectivity index (χ3v) is 3.39. The maximum atomic E-state index is 14.0. The minimum Gasteiger partial charge on any atom is -0.368 e. The molecule has 1 aliphatic rings. The maximum absolute atomic E-state index is 14.0. The predicted octanol–water partition coefficient (Wildman–Crippen LogP) is 1.48. The van der Waals surface area contributed by atoms with Gasteiger partial charge in [-0.05, 0) is 38.9 Å². The zero-order valence-electron chi connectivity index (χ0n) is 11.8. The lowest BCUT2D eigenvalue weighted by molar-refractivity contribution is 0.0945. The summed E-state index contributed by atoms with van der Waals surface area (Å²) in [5, 5.41) is 5.56. The standard InChI is InChI=1S/C14H21FN4O/c1-2-16-13-12(15)11(5-6-17-13)14(20)18-7-10-19-8-3-4-9-19/h5-6H,2-4,7-10H2,1H3,(H,16,17)(H,18,20). The molecule has 110 valence electrons. The van der Waals surface area contributed by atoms with Crippen LogP contribution in [-0.2, 0) is 0 Å². The number of halogens is 1. The SMILES string of the molecule is CCNc1nccc(C(=O)NCCN2CCCC2)c1F. The van der Waals surface area contributed by atoms with E-state index >= 15 is 0 Å². The minimum absolute atomic E-state index is 0.0392. The molecule has 0 saturated carbocycles. The van der Waals surface area contributed by atoms with Crippen molar-refractivity contribution in [2.45, 2.75) is 19.8 Å². The van der Waals surface area contributed by atoms with Gasteiger partial charge in [0.15, 0.2) is 11.6 Å². The molecule has 1 amide bonds. The lowest BCUT2D eigenvalue weighted by Gasteiger charge is -2.15. The van der Waals surface area contributed by atoms with E-state index in [-0.39, 0.29) is 17.3 Å². The van der Waals surface area contributed by atoms with Crippen molar-refractivity contribution in [3.05, 3.63) is 23.6 Å². The van der Waals surface area contributed by atoms with Crippen LogP contribution in [0.25, 0.3) is 0 Å². The van der Waals surface area contributed by atoms with Crippen molar-refractivity contribution < 1.29 is 9.18 Å². The van der Waals surface area contributed by atoms with Crippen LogP contribution in [0.4, 0.5) is 10.2 Å². The van der Waals surface area contributed by atoms with E-state index < -0.39 is 5.82 Å². The molecule has 0 radical (unpaired) electrons. The summed E-state index contributed by atoms with van der Waals surface area (Å²) < 4.78 is 14.0. The fraction of sp³-hybridized carbons (Fsp3) is 0.571. The van der Waals surface area contributed by atoms with E-state index in [1.54, 1.807) is 0 Å². The Labute approximate surface area is 118 Å². The minimum atomic E-state index is -0.590. The highest BCUT2D eigenvalue weighted by Gasteiger charge is 2.16. The van der Waals surface area contributed by atoms with Gasteiger partial charge in [-0.2, -0.15) is 0 Å². The molecule has 1 fully saturated rings. The summed E-state index contributed by atoms with van der Waals surface area (Å²) in [6.07, 6.45) is 3.88. The molecule has 0 bridgehead atoms. The van der Waals surface area contributed by atoms with Gasteiger partial charge in [0.05, 0.1) is 5.56 Å². The summed E-state index contributed by atoms with van der Waals surface area (Å²) in [6, 6.07) is 1.40. The van der Waals surface area contributed by atoms with Crippen molar-refractivity contribution in [1.82, 2.24) is 15.2 Å². The summed E-state index contributed by atoms with van der Waals surface area (Å²) in [4.78, 5) is 18.1. The van der Waals surface area contributed by atoms with E-state index in [0.29, 0.717) is 13.1 Å². The molecule has 1 aromatic heterocycles. The van der Waals surface area contributed by atoms with E-state index in [1.165, 1.54) is 25.1 Å². The Morgan fingerprint density at radius 2 is 2.20 bits per heavy atom. The second-order valence-electron chi connectivity index (χ2n) is 4.86. The molecule has 1 aliphatic heterocycles.